The average molecular weight is 395 g/mol. The van der Waals surface area contributed by atoms with Gasteiger partial charge < -0.3 is 10.1 Å². The molecule has 0 spiro atoms. The number of thiophene rings is 1. The van der Waals surface area contributed by atoms with Gasteiger partial charge in [-0.15, -0.1) is 11.3 Å². The molecule has 1 aliphatic heterocycles. The third kappa shape index (κ3) is 3.89. The first-order valence-electron chi connectivity index (χ1n) is 10.4. The fraction of sp³-hybridized carbons (Fsp3) is 0.500. The second-order valence-corrected chi connectivity index (χ2v) is 8.87. The van der Waals surface area contributed by atoms with Crippen molar-refractivity contribution in [1.29, 1.82) is 0 Å². The summed E-state index contributed by atoms with van der Waals surface area (Å²) >= 11 is 1.72. The first kappa shape index (κ1) is 18.0. The molecular formula is C22H26N4OS. The van der Waals surface area contributed by atoms with Crippen LogP contribution in [0.15, 0.2) is 29.8 Å². The van der Waals surface area contributed by atoms with Crippen LogP contribution in [0.4, 0.5) is 5.82 Å². The van der Waals surface area contributed by atoms with E-state index in [1.165, 1.54) is 25.7 Å². The van der Waals surface area contributed by atoms with E-state index >= 15 is 0 Å². The number of hydrogen-bond donors (Lipinski definition) is 1. The quantitative estimate of drug-likeness (QED) is 0.654. The molecule has 3 aromatic heterocycles. The van der Waals surface area contributed by atoms with Gasteiger partial charge in [-0.1, -0.05) is 12.8 Å². The van der Waals surface area contributed by atoms with Gasteiger partial charge in [0.05, 0.1) is 10.2 Å². The molecule has 4 heterocycles. The van der Waals surface area contributed by atoms with E-state index < -0.39 is 0 Å². The highest BCUT2D eigenvalue weighted by atomic mass is 32.1. The number of rotatable bonds is 5. The van der Waals surface area contributed by atoms with Gasteiger partial charge in [-0.3, -0.25) is 4.98 Å². The summed E-state index contributed by atoms with van der Waals surface area (Å²) in [6, 6.07) is 6.83. The van der Waals surface area contributed by atoms with Crippen molar-refractivity contribution in [2.24, 2.45) is 5.92 Å². The van der Waals surface area contributed by atoms with Crippen molar-refractivity contribution in [1.82, 2.24) is 15.0 Å². The summed E-state index contributed by atoms with van der Waals surface area (Å²) in [5.74, 6) is 2.45. The molecule has 146 valence electrons. The number of fused-ring (bicyclic) bond motifs is 1. The van der Waals surface area contributed by atoms with Gasteiger partial charge in [0.15, 0.2) is 5.82 Å². The average Bonchev–Trinajstić information content (AvgIpc) is 3.41. The molecule has 5 nitrogen and oxygen atoms in total. The second kappa shape index (κ2) is 8.13. The van der Waals surface area contributed by atoms with Crippen LogP contribution >= 0.6 is 11.3 Å². The molecule has 0 radical (unpaired) electrons. The minimum Gasteiger partial charge on any atom is -0.381 e. The lowest BCUT2D eigenvalue weighted by molar-refractivity contribution is 0.0663. The van der Waals surface area contributed by atoms with Crippen LogP contribution in [-0.2, 0) is 11.2 Å². The lowest BCUT2D eigenvalue weighted by atomic mass is 9.94. The van der Waals surface area contributed by atoms with Gasteiger partial charge >= 0.3 is 0 Å². The molecular weight excluding hydrogens is 368 g/mol. The van der Waals surface area contributed by atoms with E-state index in [4.69, 9.17) is 14.7 Å². The predicted molar refractivity (Wildman–Crippen MR) is 114 cm³/mol. The van der Waals surface area contributed by atoms with E-state index in [-0.39, 0.29) is 0 Å². The number of anilines is 1. The Morgan fingerprint density at radius 1 is 1.07 bits per heavy atom. The number of nitrogens with one attached hydrogen (secondary N) is 1. The van der Waals surface area contributed by atoms with Crippen molar-refractivity contribution in [3.63, 3.8) is 0 Å². The molecule has 1 saturated heterocycles. The van der Waals surface area contributed by atoms with E-state index in [0.717, 1.165) is 65.6 Å². The zero-order chi connectivity index (χ0) is 18.8. The predicted octanol–water partition coefficient (Wildman–Crippen LogP) is 5.08. The molecule has 0 bridgehead atoms. The summed E-state index contributed by atoms with van der Waals surface area (Å²) in [5.41, 5.74) is 3.21. The highest BCUT2D eigenvalue weighted by Gasteiger charge is 2.19. The summed E-state index contributed by atoms with van der Waals surface area (Å²) in [7, 11) is 0. The monoisotopic (exact) mass is 394 g/mol. The number of hydrogen-bond acceptors (Lipinski definition) is 6. The van der Waals surface area contributed by atoms with Crippen LogP contribution in [0.2, 0.25) is 0 Å². The van der Waals surface area contributed by atoms with E-state index in [1.807, 2.05) is 12.3 Å². The Labute approximate surface area is 169 Å². The largest absolute Gasteiger partial charge is 0.381 e. The van der Waals surface area contributed by atoms with E-state index in [0.29, 0.717) is 12.0 Å². The highest BCUT2D eigenvalue weighted by molar-refractivity contribution is 7.17. The smallest absolute Gasteiger partial charge is 0.162 e. The molecule has 3 aromatic rings. The molecule has 1 saturated carbocycles. The molecule has 5 rings (SSSR count). The van der Waals surface area contributed by atoms with Crippen LogP contribution in [0, 0.1) is 5.92 Å². The Bertz CT molecular complexity index is 945. The first-order valence-corrected chi connectivity index (χ1v) is 11.3. The third-order valence-electron chi connectivity index (χ3n) is 5.91. The van der Waals surface area contributed by atoms with Crippen LogP contribution in [0.1, 0.15) is 44.2 Å². The van der Waals surface area contributed by atoms with E-state index in [9.17, 15) is 0 Å². The van der Waals surface area contributed by atoms with Crippen LogP contribution < -0.4 is 5.32 Å². The maximum Gasteiger partial charge on any atom is 0.162 e. The highest BCUT2D eigenvalue weighted by Crippen LogP contribution is 2.32. The van der Waals surface area contributed by atoms with Gasteiger partial charge in [0.1, 0.15) is 5.82 Å². The van der Waals surface area contributed by atoms with E-state index in [2.05, 4.69) is 27.8 Å². The van der Waals surface area contributed by atoms with Crippen LogP contribution in [-0.4, -0.2) is 34.2 Å². The Kier molecular flexibility index (Phi) is 5.23. The summed E-state index contributed by atoms with van der Waals surface area (Å²) in [4.78, 5) is 14.4. The lowest BCUT2D eigenvalue weighted by Gasteiger charge is -2.21. The van der Waals surface area contributed by atoms with Gasteiger partial charge in [0, 0.05) is 36.7 Å². The standard InChI is InChI=1S/C22H26N4OS/c1-2-4-17(3-1)24-22-20-19(8-12-28-20)25-21(26-22)16-5-9-23-18(14-16)13-15-6-10-27-11-7-15/h5,8-9,12,14-15,17H,1-4,6-7,10-11,13H2,(H,24,25,26). The Morgan fingerprint density at radius 2 is 1.93 bits per heavy atom. The van der Waals surface area contributed by atoms with Crippen LogP contribution in [0.3, 0.4) is 0 Å². The minimum absolute atomic E-state index is 0.537. The summed E-state index contributed by atoms with van der Waals surface area (Å²) in [5, 5.41) is 5.79. The lowest BCUT2D eigenvalue weighted by Crippen LogP contribution is -2.18. The minimum atomic E-state index is 0.537. The van der Waals surface area contributed by atoms with Gasteiger partial charge in [0.25, 0.3) is 0 Å². The summed E-state index contributed by atoms with van der Waals surface area (Å²) in [6.07, 6.45) is 10.2. The van der Waals surface area contributed by atoms with Crippen molar-refractivity contribution in [2.45, 2.75) is 51.0 Å². The maximum atomic E-state index is 5.48. The topological polar surface area (TPSA) is 59.9 Å². The normalized spacial score (nSPS) is 18.7. The molecule has 28 heavy (non-hydrogen) atoms. The van der Waals surface area contributed by atoms with Gasteiger partial charge in [-0.05, 0) is 61.6 Å². The van der Waals surface area contributed by atoms with Crippen LogP contribution in [0.25, 0.3) is 21.6 Å². The van der Waals surface area contributed by atoms with Crippen molar-refractivity contribution in [3.8, 4) is 11.4 Å². The molecule has 1 N–H and O–H groups in total. The van der Waals surface area contributed by atoms with Gasteiger partial charge in [-0.25, -0.2) is 9.97 Å². The maximum absolute atomic E-state index is 5.48. The Balaban J connectivity index is 1.44. The third-order valence-corrected chi connectivity index (χ3v) is 6.82. The molecule has 2 fully saturated rings. The van der Waals surface area contributed by atoms with Crippen LogP contribution in [0.5, 0.6) is 0 Å². The zero-order valence-corrected chi connectivity index (χ0v) is 16.9. The first-order chi connectivity index (χ1) is 13.8. The Hall–Kier alpha value is -2.05. The molecule has 0 amide bonds. The SMILES string of the molecule is c1cc(-c2nc(NC3CCCC3)c3sccc3n2)cc(CC2CCOCC2)n1. The summed E-state index contributed by atoms with van der Waals surface area (Å²) in [6.45, 7) is 1.75. The van der Waals surface area contributed by atoms with Crippen molar-refractivity contribution < 1.29 is 4.74 Å². The Morgan fingerprint density at radius 3 is 2.79 bits per heavy atom. The number of nitrogens with zero attached hydrogens (tertiary/aromatic N) is 3. The number of ether oxygens (including phenoxy) is 1. The fourth-order valence-corrected chi connectivity index (χ4v) is 5.11. The molecule has 6 heteroatoms. The van der Waals surface area contributed by atoms with Gasteiger partial charge in [-0.2, -0.15) is 0 Å². The van der Waals surface area contributed by atoms with Gasteiger partial charge in [0.2, 0.25) is 0 Å². The van der Waals surface area contributed by atoms with E-state index in [1.54, 1.807) is 11.3 Å². The molecule has 1 aliphatic carbocycles. The number of aromatic nitrogens is 3. The molecule has 0 aromatic carbocycles. The molecule has 2 aliphatic rings. The number of pyridine rings is 1. The summed E-state index contributed by atoms with van der Waals surface area (Å²) < 4.78 is 6.64. The molecule has 0 unspecified atom stereocenters. The fourth-order valence-electron chi connectivity index (χ4n) is 4.33. The van der Waals surface area contributed by atoms with Crippen molar-refractivity contribution >= 4 is 27.4 Å². The van der Waals surface area contributed by atoms with Crippen molar-refractivity contribution in [3.05, 3.63) is 35.5 Å². The zero-order valence-electron chi connectivity index (χ0n) is 16.1. The van der Waals surface area contributed by atoms with Crippen molar-refractivity contribution in [2.75, 3.05) is 18.5 Å². The second-order valence-electron chi connectivity index (χ2n) is 7.95. The molecule has 0 atom stereocenters.